The Morgan fingerprint density at radius 2 is 1.86 bits per heavy atom. The minimum atomic E-state index is -0.130. The van der Waals surface area contributed by atoms with Gasteiger partial charge < -0.3 is 14.2 Å². The summed E-state index contributed by atoms with van der Waals surface area (Å²) in [6, 6.07) is 0. The van der Waals surface area contributed by atoms with Gasteiger partial charge in [0, 0.05) is 12.8 Å². The van der Waals surface area contributed by atoms with Crippen LogP contribution in [-0.2, 0) is 19.0 Å². The van der Waals surface area contributed by atoms with Crippen molar-refractivity contribution < 1.29 is 19.0 Å². The maximum Gasteiger partial charge on any atom is 0.308 e. The van der Waals surface area contributed by atoms with Crippen molar-refractivity contribution in [1.29, 1.82) is 0 Å². The van der Waals surface area contributed by atoms with E-state index in [1.807, 2.05) is 13.8 Å². The number of carbonyl (C=O) groups is 1. The lowest BCUT2D eigenvalue weighted by atomic mass is 10.2. The van der Waals surface area contributed by atoms with Crippen molar-refractivity contribution in [1.82, 2.24) is 0 Å². The van der Waals surface area contributed by atoms with Gasteiger partial charge in [-0.05, 0) is 0 Å². The summed E-state index contributed by atoms with van der Waals surface area (Å²) in [7, 11) is 0. The Hall–Kier alpha value is -0.610. The molecule has 2 fully saturated rings. The summed E-state index contributed by atoms with van der Waals surface area (Å²) in [4.78, 5) is 11.3. The van der Waals surface area contributed by atoms with Gasteiger partial charge in [-0.15, -0.1) is 0 Å². The van der Waals surface area contributed by atoms with Crippen LogP contribution < -0.4 is 0 Å². The van der Waals surface area contributed by atoms with Crippen LogP contribution in [-0.4, -0.2) is 31.1 Å². The zero-order chi connectivity index (χ0) is 10.1. The molecular weight excluding hydrogens is 184 g/mol. The lowest BCUT2D eigenvalue weighted by Crippen LogP contribution is -2.20. The van der Waals surface area contributed by atoms with E-state index in [9.17, 15) is 4.79 Å². The first-order chi connectivity index (χ1) is 6.66. The second-order valence-corrected chi connectivity index (χ2v) is 4.21. The molecule has 80 valence electrons. The highest BCUT2D eigenvalue weighted by molar-refractivity contribution is 5.71. The molecule has 0 spiro atoms. The monoisotopic (exact) mass is 200 g/mol. The van der Waals surface area contributed by atoms with Crippen molar-refractivity contribution in [2.75, 3.05) is 6.79 Å². The lowest BCUT2D eigenvalue weighted by molar-refractivity contribution is -0.153. The Morgan fingerprint density at radius 3 is 2.36 bits per heavy atom. The Balaban J connectivity index is 1.82. The molecule has 1 heterocycles. The maximum atomic E-state index is 11.3. The number of ether oxygens (including phenoxy) is 3. The Kier molecular flexibility index (Phi) is 2.74. The van der Waals surface area contributed by atoms with Crippen molar-refractivity contribution >= 4 is 5.97 Å². The first-order valence-corrected chi connectivity index (χ1v) is 5.10. The van der Waals surface area contributed by atoms with Gasteiger partial charge in [0.25, 0.3) is 0 Å². The van der Waals surface area contributed by atoms with E-state index >= 15 is 0 Å². The molecule has 2 unspecified atom stereocenters. The van der Waals surface area contributed by atoms with Crippen LogP contribution in [0.2, 0.25) is 0 Å². The molecular formula is C10H16O4. The fourth-order valence-corrected chi connectivity index (χ4v) is 1.88. The summed E-state index contributed by atoms with van der Waals surface area (Å²) >= 11 is 0. The normalized spacial score (nSPS) is 36.1. The van der Waals surface area contributed by atoms with Crippen LogP contribution in [0.1, 0.15) is 26.7 Å². The SMILES string of the molecule is CC(C)C(=O)OC1CC2OCOC2C1. The van der Waals surface area contributed by atoms with Gasteiger partial charge in [-0.2, -0.15) is 0 Å². The standard InChI is InChI=1S/C10H16O4/c1-6(2)10(11)14-7-3-8-9(4-7)13-5-12-8/h6-9H,3-5H2,1-2H3. The quantitative estimate of drug-likeness (QED) is 0.626. The predicted octanol–water partition coefficient (Wildman–Crippen LogP) is 1.09. The molecule has 1 saturated carbocycles. The molecule has 0 bridgehead atoms. The number of hydrogen-bond donors (Lipinski definition) is 0. The van der Waals surface area contributed by atoms with Crippen molar-refractivity contribution in [2.24, 2.45) is 5.92 Å². The van der Waals surface area contributed by atoms with E-state index in [4.69, 9.17) is 14.2 Å². The smallest absolute Gasteiger partial charge is 0.308 e. The number of rotatable bonds is 2. The molecule has 0 aromatic carbocycles. The number of hydrogen-bond acceptors (Lipinski definition) is 4. The second kappa shape index (κ2) is 3.87. The van der Waals surface area contributed by atoms with Crippen molar-refractivity contribution in [3.05, 3.63) is 0 Å². The van der Waals surface area contributed by atoms with Gasteiger partial charge in [0.1, 0.15) is 12.9 Å². The van der Waals surface area contributed by atoms with E-state index in [0.29, 0.717) is 6.79 Å². The van der Waals surface area contributed by atoms with E-state index in [1.165, 1.54) is 0 Å². The van der Waals surface area contributed by atoms with Crippen LogP contribution in [0.4, 0.5) is 0 Å². The third-order valence-electron chi connectivity index (χ3n) is 2.72. The number of fused-ring (bicyclic) bond motifs is 1. The van der Waals surface area contributed by atoms with E-state index in [1.54, 1.807) is 0 Å². The molecule has 14 heavy (non-hydrogen) atoms. The van der Waals surface area contributed by atoms with Gasteiger partial charge in [-0.1, -0.05) is 13.8 Å². The third-order valence-corrected chi connectivity index (χ3v) is 2.72. The molecule has 4 heteroatoms. The highest BCUT2D eigenvalue weighted by Crippen LogP contribution is 2.31. The minimum absolute atomic E-state index is 0.0137. The fraction of sp³-hybridized carbons (Fsp3) is 0.900. The number of esters is 1. The van der Waals surface area contributed by atoms with Crippen LogP contribution in [0, 0.1) is 5.92 Å². The molecule has 4 nitrogen and oxygen atoms in total. The van der Waals surface area contributed by atoms with E-state index in [-0.39, 0.29) is 30.2 Å². The molecule has 0 aromatic rings. The topological polar surface area (TPSA) is 44.8 Å². The molecule has 0 amide bonds. The van der Waals surface area contributed by atoms with Gasteiger partial charge in [0.15, 0.2) is 0 Å². The molecule has 1 aliphatic carbocycles. The first-order valence-electron chi connectivity index (χ1n) is 5.10. The van der Waals surface area contributed by atoms with Crippen LogP contribution in [0.3, 0.4) is 0 Å². The Labute approximate surface area is 83.5 Å². The number of carbonyl (C=O) groups excluding carboxylic acids is 1. The predicted molar refractivity (Wildman–Crippen MR) is 48.6 cm³/mol. The van der Waals surface area contributed by atoms with Crippen molar-refractivity contribution in [2.45, 2.75) is 45.0 Å². The zero-order valence-corrected chi connectivity index (χ0v) is 8.56. The molecule has 0 N–H and O–H groups in total. The summed E-state index contributed by atoms with van der Waals surface area (Å²) in [5, 5.41) is 0. The molecule has 1 saturated heterocycles. The summed E-state index contributed by atoms with van der Waals surface area (Å²) < 4.78 is 16.0. The van der Waals surface area contributed by atoms with E-state index in [2.05, 4.69) is 0 Å². The van der Waals surface area contributed by atoms with Crippen molar-refractivity contribution in [3.63, 3.8) is 0 Å². The van der Waals surface area contributed by atoms with Gasteiger partial charge >= 0.3 is 5.97 Å². The van der Waals surface area contributed by atoms with Gasteiger partial charge in [0.2, 0.25) is 0 Å². The van der Waals surface area contributed by atoms with Crippen molar-refractivity contribution in [3.8, 4) is 0 Å². The summed E-state index contributed by atoms with van der Waals surface area (Å²) in [6.07, 6.45) is 1.83. The molecule has 2 aliphatic rings. The first kappa shape index (κ1) is 9.93. The van der Waals surface area contributed by atoms with Crippen LogP contribution in [0.15, 0.2) is 0 Å². The summed E-state index contributed by atoms with van der Waals surface area (Å²) in [5.74, 6) is -0.188. The third kappa shape index (κ3) is 1.91. The molecule has 1 aliphatic heterocycles. The Bertz CT molecular complexity index is 214. The molecule has 2 rings (SSSR count). The van der Waals surface area contributed by atoms with E-state index < -0.39 is 0 Å². The summed E-state index contributed by atoms with van der Waals surface area (Å²) in [6.45, 7) is 4.07. The van der Waals surface area contributed by atoms with Crippen LogP contribution in [0.25, 0.3) is 0 Å². The largest absolute Gasteiger partial charge is 0.462 e. The van der Waals surface area contributed by atoms with Crippen LogP contribution >= 0.6 is 0 Å². The average Bonchev–Trinajstić information content (AvgIpc) is 2.63. The highest BCUT2D eigenvalue weighted by atomic mass is 16.7. The fourth-order valence-electron chi connectivity index (χ4n) is 1.88. The second-order valence-electron chi connectivity index (χ2n) is 4.21. The lowest BCUT2D eigenvalue weighted by Gasteiger charge is -2.14. The van der Waals surface area contributed by atoms with E-state index in [0.717, 1.165) is 12.8 Å². The zero-order valence-electron chi connectivity index (χ0n) is 8.56. The highest BCUT2D eigenvalue weighted by Gasteiger charge is 2.41. The Morgan fingerprint density at radius 1 is 1.29 bits per heavy atom. The molecule has 0 aromatic heterocycles. The average molecular weight is 200 g/mol. The van der Waals surface area contributed by atoms with Gasteiger partial charge in [-0.25, -0.2) is 0 Å². The molecule has 0 radical (unpaired) electrons. The summed E-state index contributed by atoms with van der Waals surface area (Å²) in [5.41, 5.74) is 0. The van der Waals surface area contributed by atoms with Gasteiger partial charge in [0.05, 0.1) is 18.1 Å². The maximum absolute atomic E-state index is 11.3. The minimum Gasteiger partial charge on any atom is -0.462 e. The van der Waals surface area contributed by atoms with Crippen LogP contribution in [0.5, 0.6) is 0 Å². The molecule has 2 atom stereocenters. The van der Waals surface area contributed by atoms with Gasteiger partial charge in [-0.3, -0.25) is 4.79 Å².